The van der Waals surface area contributed by atoms with Gasteiger partial charge >= 0.3 is 0 Å². The van der Waals surface area contributed by atoms with Gasteiger partial charge in [-0.1, -0.05) is 0 Å². The van der Waals surface area contributed by atoms with E-state index in [1.165, 1.54) is 0 Å². The summed E-state index contributed by atoms with van der Waals surface area (Å²) in [5.74, 6) is 0.367. The van der Waals surface area contributed by atoms with Crippen LogP contribution >= 0.6 is 0 Å². The van der Waals surface area contributed by atoms with E-state index in [2.05, 4.69) is 15.3 Å². The molecular formula is C13H20N4O2. The maximum absolute atomic E-state index is 12.1. The lowest BCUT2D eigenvalue weighted by atomic mass is 10.2. The van der Waals surface area contributed by atoms with E-state index >= 15 is 0 Å². The molecule has 6 heteroatoms. The maximum Gasteiger partial charge on any atom is 0.270 e. The third-order valence-electron chi connectivity index (χ3n) is 2.99. The fraction of sp³-hybridized carbons (Fsp3) is 0.615. The van der Waals surface area contributed by atoms with E-state index in [0.29, 0.717) is 18.2 Å². The van der Waals surface area contributed by atoms with Gasteiger partial charge in [0, 0.05) is 32.9 Å². The van der Waals surface area contributed by atoms with E-state index in [4.69, 9.17) is 4.74 Å². The van der Waals surface area contributed by atoms with Gasteiger partial charge in [0.15, 0.2) is 0 Å². The fourth-order valence-corrected chi connectivity index (χ4v) is 1.97. The van der Waals surface area contributed by atoms with Gasteiger partial charge < -0.3 is 15.0 Å². The Labute approximate surface area is 113 Å². The summed E-state index contributed by atoms with van der Waals surface area (Å²) in [6, 6.07) is 1.69. The number of anilines is 1. The molecule has 1 aromatic rings. The first kappa shape index (κ1) is 13.7. The molecule has 6 nitrogen and oxygen atoms in total. The van der Waals surface area contributed by atoms with Crippen LogP contribution in [0.4, 0.5) is 5.95 Å². The summed E-state index contributed by atoms with van der Waals surface area (Å²) in [7, 11) is 3.70. The number of hydrogen-bond acceptors (Lipinski definition) is 5. The number of hydrogen-bond donors (Lipinski definition) is 1. The summed E-state index contributed by atoms with van der Waals surface area (Å²) in [5, 5.41) is 2.86. The second kappa shape index (κ2) is 5.97. The van der Waals surface area contributed by atoms with Gasteiger partial charge in [0.2, 0.25) is 5.95 Å². The van der Waals surface area contributed by atoms with Crippen molar-refractivity contribution in [3.8, 4) is 0 Å². The average Bonchev–Trinajstić information content (AvgIpc) is 2.88. The zero-order valence-electron chi connectivity index (χ0n) is 11.6. The molecule has 0 radical (unpaired) electrons. The lowest BCUT2D eigenvalue weighted by Gasteiger charge is -2.13. The molecule has 1 fully saturated rings. The van der Waals surface area contributed by atoms with Gasteiger partial charge in [-0.05, 0) is 25.8 Å². The second-order valence-corrected chi connectivity index (χ2v) is 4.93. The number of ether oxygens (including phenoxy) is 1. The van der Waals surface area contributed by atoms with E-state index in [1.54, 1.807) is 11.0 Å². The summed E-state index contributed by atoms with van der Waals surface area (Å²) in [5.41, 5.74) is 1.18. The topological polar surface area (TPSA) is 67.3 Å². The van der Waals surface area contributed by atoms with Crippen molar-refractivity contribution in [2.24, 2.45) is 0 Å². The van der Waals surface area contributed by atoms with Gasteiger partial charge in [0.05, 0.1) is 6.10 Å². The SMILES string of the molecule is Cc1cc(C(=O)NCC2CCCO2)nc(N(C)C)n1. The number of aryl methyl sites for hydroxylation is 1. The van der Waals surface area contributed by atoms with E-state index in [-0.39, 0.29) is 12.0 Å². The number of carbonyl (C=O) groups is 1. The molecule has 1 N–H and O–H groups in total. The molecule has 1 aliphatic heterocycles. The molecule has 1 unspecified atom stereocenters. The van der Waals surface area contributed by atoms with Crippen molar-refractivity contribution in [3.63, 3.8) is 0 Å². The Kier molecular flexibility index (Phi) is 4.31. The molecule has 0 spiro atoms. The number of aromatic nitrogens is 2. The molecule has 19 heavy (non-hydrogen) atoms. The quantitative estimate of drug-likeness (QED) is 0.869. The van der Waals surface area contributed by atoms with Crippen LogP contribution in [0.5, 0.6) is 0 Å². The zero-order chi connectivity index (χ0) is 13.8. The normalized spacial score (nSPS) is 18.4. The van der Waals surface area contributed by atoms with Crippen LogP contribution in [-0.2, 0) is 4.74 Å². The minimum atomic E-state index is -0.177. The Morgan fingerprint density at radius 1 is 1.53 bits per heavy atom. The van der Waals surface area contributed by atoms with Crippen LogP contribution in [0.3, 0.4) is 0 Å². The summed E-state index contributed by atoms with van der Waals surface area (Å²) in [4.78, 5) is 22.3. The number of rotatable bonds is 4. The highest BCUT2D eigenvalue weighted by Gasteiger charge is 2.17. The van der Waals surface area contributed by atoms with Crippen molar-refractivity contribution < 1.29 is 9.53 Å². The fourth-order valence-electron chi connectivity index (χ4n) is 1.97. The molecule has 1 aliphatic rings. The lowest BCUT2D eigenvalue weighted by molar-refractivity contribution is 0.0853. The molecule has 1 atom stereocenters. The molecule has 0 bridgehead atoms. The van der Waals surface area contributed by atoms with Crippen molar-refractivity contribution in [2.75, 3.05) is 32.1 Å². The van der Waals surface area contributed by atoms with Crippen LogP contribution in [0.25, 0.3) is 0 Å². The van der Waals surface area contributed by atoms with Crippen molar-refractivity contribution >= 4 is 11.9 Å². The van der Waals surface area contributed by atoms with E-state index < -0.39 is 0 Å². The smallest absolute Gasteiger partial charge is 0.270 e. The predicted octanol–water partition coefficient (Wildman–Crippen LogP) is 0.760. The van der Waals surface area contributed by atoms with Gasteiger partial charge in [0.25, 0.3) is 5.91 Å². The zero-order valence-corrected chi connectivity index (χ0v) is 11.6. The number of nitrogens with zero attached hydrogens (tertiary/aromatic N) is 3. The van der Waals surface area contributed by atoms with Crippen LogP contribution in [-0.4, -0.2) is 49.2 Å². The molecule has 1 saturated heterocycles. The Morgan fingerprint density at radius 3 is 2.95 bits per heavy atom. The summed E-state index contributed by atoms with van der Waals surface area (Å²) < 4.78 is 5.47. The van der Waals surface area contributed by atoms with Crippen molar-refractivity contribution in [3.05, 3.63) is 17.5 Å². The molecular weight excluding hydrogens is 244 g/mol. The second-order valence-electron chi connectivity index (χ2n) is 4.93. The standard InChI is InChI=1S/C13H20N4O2/c1-9-7-11(16-13(15-9)17(2)3)12(18)14-8-10-5-4-6-19-10/h7,10H,4-6,8H2,1-3H3,(H,14,18). The Balaban J connectivity index is 2.01. The number of amides is 1. The summed E-state index contributed by atoms with van der Waals surface area (Å²) in [6.07, 6.45) is 2.21. The first-order valence-electron chi connectivity index (χ1n) is 6.49. The van der Waals surface area contributed by atoms with Crippen molar-refractivity contribution in [2.45, 2.75) is 25.9 Å². The third-order valence-corrected chi connectivity index (χ3v) is 2.99. The molecule has 0 saturated carbocycles. The van der Waals surface area contributed by atoms with E-state index in [9.17, 15) is 4.79 Å². The highest BCUT2D eigenvalue weighted by atomic mass is 16.5. The van der Waals surface area contributed by atoms with Gasteiger partial charge in [-0.3, -0.25) is 4.79 Å². The van der Waals surface area contributed by atoms with Gasteiger partial charge in [-0.15, -0.1) is 0 Å². The van der Waals surface area contributed by atoms with Gasteiger partial charge in [-0.25, -0.2) is 9.97 Å². The van der Waals surface area contributed by atoms with Crippen LogP contribution in [0.15, 0.2) is 6.07 Å². The summed E-state index contributed by atoms with van der Waals surface area (Å²) in [6.45, 7) is 3.18. The highest BCUT2D eigenvalue weighted by molar-refractivity contribution is 5.92. The maximum atomic E-state index is 12.1. The van der Waals surface area contributed by atoms with Gasteiger partial charge in [0.1, 0.15) is 5.69 Å². The molecule has 2 rings (SSSR count). The minimum absolute atomic E-state index is 0.139. The largest absolute Gasteiger partial charge is 0.376 e. The molecule has 1 aromatic heterocycles. The molecule has 0 aliphatic carbocycles. The minimum Gasteiger partial charge on any atom is -0.376 e. The lowest BCUT2D eigenvalue weighted by Crippen LogP contribution is -2.32. The third kappa shape index (κ3) is 3.64. The van der Waals surface area contributed by atoms with Crippen LogP contribution in [0.2, 0.25) is 0 Å². The monoisotopic (exact) mass is 264 g/mol. The highest BCUT2D eigenvalue weighted by Crippen LogP contribution is 2.11. The Hall–Kier alpha value is -1.69. The molecule has 0 aromatic carbocycles. The molecule has 2 heterocycles. The van der Waals surface area contributed by atoms with Crippen LogP contribution in [0, 0.1) is 6.92 Å². The number of carbonyl (C=O) groups excluding carboxylic acids is 1. The number of nitrogens with one attached hydrogen (secondary N) is 1. The van der Waals surface area contributed by atoms with Gasteiger partial charge in [-0.2, -0.15) is 0 Å². The van der Waals surface area contributed by atoms with E-state index in [0.717, 1.165) is 25.1 Å². The average molecular weight is 264 g/mol. The predicted molar refractivity (Wildman–Crippen MR) is 72.4 cm³/mol. The molecule has 104 valence electrons. The van der Waals surface area contributed by atoms with Crippen LogP contribution in [0.1, 0.15) is 29.0 Å². The first-order valence-corrected chi connectivity index (χ1v) is 6.49. The van der Waals surface area contributed by atoms with Crippen molar-refractivity contribution in [1.82, 2.24) is 15.3 Å². The molecule has 1 amide bonds. The van der Waals surface area contributed by atoms with Crippen LogP contribution < -0.4 is 10.2 Å². The Morgan fingerprint density at radius 2 is 2.32 bits per heavy atom. The van der Waals surface area contributed by atoms with E-state index in [1.807, 2.05) is 21.0 Å². The first-order chi connectivity index (χ1) is 9.06. The Bertz CT molecular complexity index is 456. The van der Waals surface area contributed by atoms with Crippen molar-refractivity contribution in [1.29, 1.82) is 0 Å². The summed E-state index contributed by atoms with van der Waals surface area (Å²) >= 11 is 0.